The maximum absolute atomic E-state index is 10.9. The fraction of sp³-hybridized carbons (Fsp3) is 0.500. The Kier molecular flexibility index (Phi) is 5.54. The van der Waals surface area contributed by atoms with Crippen molar-refractivity contribution in [1.29, 1.82) is 0 Å². The van der Waals surface area contributed by atoms with Gasteiger partial charge in [-0.25, -0.2) is 0 Å². The number of benzene rings is 1. The molecule has 1 rings (SSSR count). The number of aliphatic hydroxyl groups is 1. The van der Waals surface area contributed by atoms with Gasteiger partial charge in [0.15, 0.2) is 5.75 Å². The molecule has 0 amide bonds. The highest BCUT2D eigenvalue weighted by molar-refractivity contribution is 5.52. The highest BCUT2D eigenvalue weighted by Gasteiger charge is 2.25. The van der Waals surface area contributed by atoms with Gasteiger partial charge in [-0.2, -0.15) is 0 Å². The van der Waals surface area contributed by atoms with Crippen LogP contribution in [0.4, 0.5) is 5.69 Å². The maximum Gasteiger partial charge on any atom is 0.316 e. The van der Waals surface area contributed by atoms with Crippen molar-refractivity contribution >= 4 is 5.69 Å². The summed E-state index contributed by atoms with van der Waals surface area (Å²) >= 11 is 0. The number of nitro groups is 1. The van der Waals surface area contributed by atoms with Gasteiger partial charge >= 0.3 is 5.69 Å². The van der Waals surface area contributed by atoms with E-state index in [1.165, 1.54) is 18.2 Å². The van der Waals surface area contributed by atoms with Crippen LogP contribution in [0.2, 0.25) is 0 Å². The Morgan fingerprint density at radius 1 is 1.50 bits per heavy atom. The molecule has 0 saturated heterocycles. The second-order valence-corrected chi connectivity index (χ2v) is 3.87. The average Bonchev–Trinajstić information content (AvgIpc) is 2.34. The molecule has 0 spiro atoms. The molecule has 0 bridgehead atoms. The third kappa shape index (κ3) is 3.41. The molecule has 0 aromatic heterocycles. The molecule has 6 nitrogen and oxygen atoms in total. The van der Waals surface area contributed by atoms with Crippen LogP contribution in [0.1, 0.15) is 31.4 Å². The van der Waals surface area contributed by atoms with Crippen LogP contribution in [-0.2, 0) is 4.74 Å². The van der Waals surface area contributed by atoms with Gasteiger partial charge in [0, 0.05) is 6.61 Å². The molecule has 0 saturated carbocycles. The number of nitrogens with zero attached hydrogens (tertiary/aromatic N) is 1. The van der Waals surface area contributed by atoms with Crippen LogP contribution in [0.3, 0.4) is 0 Å². The zero-order valence-corrected chi connectivity index (χ0v) is 10.2. The molecule has 0 heterocycles. The predicted octanol–water partition coefficient (Wildman–Crippen LogP) is 2.15. The van der Waals surface area contributed by atoms with Crippen molar-refractivity contribution in [2.75, 3.05) is 13.2 Å². The van der Waals surface area contributed by atoms with Gasteiger partial charge in [0.2, 0.25) is 0 Å². The second kappa shape index (κ2) is 6.93. The number of hydrogen-bond acceptors (Lipinski definition) is 5. The lowest BCUT2D eigenvalue weighted by Gasteiger charge is -2.16. The Morgan fingerprint density at radius 2 is 2.22 bits per heavy atom. The van der Waals surface area contributed by atoms with Crippen LogP contribution in [0.15, 0.2) is 18.2 Å². The number of para-hydroxylation sites is 1. The molecular formula is C12H17NO5. The molecule has 1 atom stereocenters. The van der Waals surface area contributed by atoms with E-state index in [4.69, 9.17) is 4.74 Å². The number of aromatic hydroxyl groups is 1. The van der Waals surface area contributed by atoms with Crippen molar-refractivity contribution in [2.45, 2.75) is 25.9 Å². The van der Waals surface area contributed by atoms with E-state index in [9.17, 15) is 20.3 Å². The first-order valence-electron chi connectivity index (χ1n) is 5.80. The summed E-state index contributed by atoms with van der Waals surface area (Å²) in [4.78, 5) is 10.2. The van der Waals surface area contributed by atoms with Crippen molar-refractivity contribution in [2.24, 2.45) is 0 Å². The van der Waals surface area contributed by atoms with E-state index in [2.05, 4.69) is 0 Å². The Bertz CT molecular complexity index is 407. The van der Waals surface area contributed by atoms with Crippen molar-refractivity contribution in [3.05, 3.63) is 33.9 Å². The van der Waals surface area contributed by atoms with E-state index >= 15 is 0 Å². The quantitative estimate of drug-likeness (QED) is 0.442. The molecule has 0 aliphatic heterocycles. The number of phenols is 1. The Labute approximate surface area is 105 Å². The zero-order valence-electron chi connectivity index (χ0n) is 10.2. The fourth-order valence-corrected chi connectivity index (χ4v) is 1.62. The molecular weight excluding hydrogens is 238 g/mol. The summed E-state index contributed by atoms with van der Waals surface area (Å²) in [5.41, 5.74) is -0.216. The van der Waals surface area contributed by atoms with Gasteiger partial charge in [-0.1, -0.05) is 19.4 Å². The first-order chi connectivity index (χ1) is 8.61. The number of unbranched alkanes of at least 4 members (excludes halogenated alkanes) is 1. The maximum atomic E-state index is 10.9. The Hall–Kier alpha value is -1.66. The largest absolute Gasteiger partial charge is 0.502 e. The predicted molar refractivity (Wildman–Crippen MR) is 65.4 cm³/mol. The van der Waals surface area contributed by atoms with Crippen LogP contribution < -0.4 is 0 Å². The molecule has 1 unspecified atom stereocenters. The minimum Gasteiger partial charge on any atom is -0.502 e. The molecule has 1 aromatic rings. The smallest absolute Gasteiger partial charge is 0.316 e. The van der Waals surface area contributed by atoms with Crippen LogP contribution >= 0.6 is 0 Å². The van der Waals surface area contributed by atoms with Gasteiger partial charge in [0.1, 0.15) is 6.10 Å². The highest BCUT2D eigenvalue weighted by atomic mass is 16.6. The highest BCUT2D eigenvalue weighted by Crippen LogP contribution is 2.34. The van der Waals surface area contributed by atoms with Crippen molar-refractivity contribution < 1.29 is 19.9 Å². The van der Waals surface area contributed by atoms with Gasteiger partial charge in [-0.05, 0) is 18.6 Å². The summed E-state index contributed by atoms with van der Waals surface area (Å²) in [6.45, 7) is 2.04. The van der Waals surface area contributed by atoms with Gasteiger partial charge in [-0.3, -0.25) is 10.1 Å². The molecule has 18 heavy (non-hydrogen) atoms. The second-order valence-electron chi connectivity index (χ2n) is 3.87. The number of hydrogen-bond donors (Lipinski definition) is 2. The van der Waals surface area contributed by atoms with Crippen LogP contribution in [-0.4, -0.2) is 28.4 Å². The summed E-state index contributed by atoms with van der Waals surface area (Å²) in [7, 11) is 0. The molecule has 1 aromatic carbocycles. The van der Waals surface area contributed by atoms with Crippen LogP contribution in [0, 0.1) is 10.1 Å². The SMILES string of the molecule is CCCCOC(CO)c1cccc(O)c1[N+](=O)[O-]. The summed E-state index contributed by atoms with van der Waals surface area (Å²) in [5, 5.41) is 29.6. The lowest BCUT2D eigenvalue weighted by Crippen LogP contribution is -2.12. The standard InChI is InChI=1S/C12H17NO5/c1-2-3-7-18-11(8-14)9-5-4-6-10(15)12(9)13(16)17/h4-6,11,14-15H,2-3,7-8H2,1H3. The number of nitro benzene ring substituents is 1. The average molecular weight is 255 g/mol. The first kappa shape index (κ1) is 14.4. The minimum atomic E-state index is -0.788. The molecule has 0 aliphatic rings. The van der Waals surface area contributed by atoms with Crippen LogP contribution in [0.5, 0.6) is 5.75 Å². The third-order valence-electron chi connectivity index (χ3n) is 2.56. The number of phenolic OH excluding ortho intramolecular Hbond substituents is 1. The van der Waals surface area contributed by atoms with Crippen LogP contribution in [0.25, 0.3) is 0 Å². The summed E-state index contributed by atoms with van der Waals surface area (Å²) < 4.78 is 5.40. The van der Waals surface area contributed by atoms with E-state index in [0.29, 0.717) is 6.61 Å². The zero-order chi connectivity index (χ0) is 13.5. The lowest BCUT2D eigenvalue weighted by molar-refractivity contribution is -0.387. The third-order valence-corrected chi connectivity index (χ3v) is 2.56. The van der Waals surface area contributed by atoms with Crippen molar-refractivity contribution in [1.82, 2.24) is 0 Å². The van der Waals surface area contributed by atoms with E-state index in [1.807, 2.05) is 6.92 Å². The molecule has 100 valence electrons. The Morgan fingerprint density at radius 3 is 2.78 bits per heavy atom. The van der Waals surface area contributed by atoms with Crippen molar-refractivity contribution in [3.63, 3.8) is 0 Å². The summed E-state index contributed by atoms with van der Waals surface area (Å²) in [6, 6.07) is 4.20. The van der Waals surface area contributed by atoms with E-state index < -0.39 is 22.5 Å². The van der Waals surface area contributed by atoms with E-state index in [1.54, 1.807) is 0 Å². The van der Waals surface area contributed by atoms with E-state index in [0.717, 1.165) is 12.8 Å². The number of ether oxygens (including phenoxy) is 1. The molecule has 0 radical (unpaired) electrons. The van der Waals surface area contributed by atoms with E-state index in [-0.39, 0.29) is 12.2 Å². The molecule has 6 heteroatoms. The van der Waals surface area contributed by atoms with Crippen molar-refractivity contribution in [3.8, 4) is 5.75 Å². The van der Waals surface area contributed by atoms with Gasteiger partial charge in [0.05, 0.1) is 17.1 Å². The lowest BCUT2D eigenvalue weighted by atomic mass is 10.1. The minimum absolute atomic E-state index is 0.193. The topological polar surface area (TPSA) is 92.8 Å². The molecule has 0 fully saturated rings. The summed E-state index contributed by atoms with van der Waals surface area (Å²) in [6.07, 6.45) is 0.952. The molecule has 0 aliphatic carbocycles. The number of rotatable bonds is 7. The fourth-order valence-electron chi connectivity index (χ4n) is 1.62. The molecule has 2 N–H and O–H groups in total. The first-order valence-corrected chi connectivity index (χ1v) is 5.80. The van der Waals surface area contributed by atoms with Gasteiger partial charge in [-0.15, -0.1) is 0 Å². The van der Waals surface area contributed by atoms with Gasteiger partial charge in [0.25, 0.3) is 0 Å². The normalized spacial score (nSPS) is 12.3. The number of aliphatic hydroxyl groups excluding tert-OH is 1. The monoisotopic (exact) mass is 255 g/mol. The van der Waals surface area contributed by atoms with Gasteiger partial charge < -0.3 is 14.9 Å². The summed E-state index contributed by atoms with van der Waals surface area (Å²) in [5.74, 6) is -0.421. The Balaban J connectivity index is 2.98.